The number of carbonyl (C=O) groups is 2. The Morgan fingerprint density at radius 2 is 1.91 bits per heavy atom. The number of anilines is 2. The molecule has 0 bridgehead atoms. The molecule has 0 fully saturated rings. The second-order valence-corrected chi connectivity index (χ2v) is 5.27. The molecule has 2 amide bonds. The van der Waals surface area contributed by atoms with E-state index in [1.165, 1.54) is 0 Å². The van der Waals surface area contributed by atoms with Crippen molar-refractivity contribution in [2.45, 2.75) is 12.8 Å². The number of fused-ring (bicyclic) bond motifs is 1. The molecule has 6 heteroatoms. The van der Waals surface area contributed by atoms with Crippen molar-refractivity contribution >= 4 is 23.2 Å². The molecule has 1 heterocycles. The fourth-order valence-corrected chi connectivity index (χ4v) is 2.62. The Labute approximate surface area is 131 Å². The van der Waals surface area contributed by atoms with E-state index < -0.39 is 24.0 Å². The van der Waals surface area contributed by atoms with Crippen molar-refractivity contribution in [1.29, 1.82) is 0 Å². The summed E-state index contributed by atoms with van der Waals surface area (Å²) in [7, 11) is 0. The molecule has 0 atom stereocenters. The lowest BCUT2D eigenvalue weighted by Gasteiger charge is -2.17. The Kier molecular flexibility index (Phi) is 4.06. The van der Waals surface area contributed by atoms with Crippen LogP contribution < -0.4 is 10.2 Å². The number of amides is 2. The van der Waals surface area contributed by atoms with Gasteiger partial charge in [0, 0.05) is 18.3 Å². The second kappa shape index (κ2) is 6.16. The first-order chi connectivity index (χ1) is 11.0. The molecule has 0 saturated heterocycles. The molecule has 0 aliphatic carbocycles. The van der Waals surface area contributed by atoms with Crippen molar-refractivity contribution in [3.8, 4) is 0 Å². The van der Waals surface area contributed by atoms with Gasteiger partial charge < -0.3 is 10.2 Å². The lowest BCUT2D eigenvalue weighted by molar-refractivity contribution is -0.125. The van der Waals surface area contributed by atoms with Crippen molar-refractivity contribution in [3.05, 3.63) is 59.7 Å². The van der Waals surface area contributed by atoms with Crippen LogP contribution in [0.25, 0.3) is 0 Å². The molecular formula is C17H14F2N2O2. The number of nitrogens with zero attached hydrogens (tertiary/aromatic N) is 1. The number of rotatable bonds is 3. The molecule has 23 heavy (non-hydrogen) atoms. The Morgan fingerprint density at radius 3 is 2.70 bits per heavy atom. The van der Waals surface area contributed by atoms with Crippen LogP contribution in [0.5, 0.6) is 0 Å². The van der Waals surface area contributed by atoms with Gasteiger partial charge >= 0.3 is 0 Å². The first-order valence-electron chi connectivity index (χ1n) is 7.18. The molecule has 1 N–H and O–H groups in total. The number of para-hydroxylation sites is 1. The Balaban J connectivity index is 1.65. The summed E-state index contributed by atoms with van der Waals surface area (Å²) >= 11 is 0. The number of halogens is 2. The van der Waals surface area contributed by atoms with Crippen LogP contribution in [0.15, 0.2) is 42.5 Å². The minimum atomic E-state index is -0.877. The zero-order valence-electron chi connectivity index (χ0n) is 12.2. The van der Waals surface area contributed by atoms with Gasteiger partial charge in [0.2, 0.25) is 11.8 Å². The average molecular weight is 316 g/mol. The summed E-state index contributed by atoms with van der Waals surface area (Å²) in [5.74, 6) is -2.59. The van der Waals surface area contributed by atoms with Gasteiger partial charge in [-0.25, -0.2) is 8.78 Å². The van der Waals surface area contributed by atoms with Gasteiger partial charge in [0.25, 0.3) is 0 Å². The van der Waals surface area contributed by atoms with Gasteiger partial charge in [-0.3, -0.25) is 9.59 Å². The highest BCUT2D eigenvalue weighted by Gasteiger charge is 2.25. The molecule has 2 aromatic carbocycles. The van der Waals surface area contributed by atoms with Crippen molar-refractivity contribution in [3.63, 3.8) is 0 Å². The summed E-state index contributed by atoms with van der Waals surface area (Å²) in [6.07, 6.45) is 0.348. The number of carbonyl (C=O) groups excluding carboxylic acids is 2. The molecule has 0 spiro atoms. The molecule has 2 aromatic rings. The molecule has 0 radical (unpaired) electrons. The topological polar surface area (TPSA) is 49.4 Å². The van der Waals surface area contributed by atoms with Gasteiger partial charge in [0.15, 0.2) is 0 Å². The molecule has 1 aliphatic rings. The van der Waals surface area contributed by atoms with E-state index in [0.29, 0.717) is 12.6 Å². The predicted molar refractivity (Wildman–Crippen MR) is 82.1 cm³/mol. The minimum Gasteiger partial charge on any atom is -0.323 e. The molecule has 4 nitrogen and oxygen atoms in total. The molecule has 118 valence electrons. The summed E-state index contributed by atoms with van der Waals surface area (Å²) in [6, 6.07) is 10.3. The summed E-state index contributed by atoms with van der Waals surface area (Å²) in [5, 5.41) is 2.29. The molecular weight excluding hydrogens is 302 g/mol. The Morgan fingerprint density at radius 1 is 1.13 bits per heavy atom. The van der Waals surface area contributed by atoms with E-state index in [1.54, 1.807) is 4.90 Å². The fraction of sp³-hybridized carbons (Fsp3) is 0.176. The predicted octanol–water partition coefficient (Wildman–Crippen LogP) is 2.88. The SMILES string of the molecule is O=C(CC(=O)N1CCc2ccccc21)Nc1ccc(F)cc1F. The van der Waals surface area contributed by atoms with E-state index in [4.69, 9.17) is 0 Å². The number of hydrogen-bond acceptors (Lipinski definition) is 2. The van der Waals surface area contributed by atoms with Crippen LogP contribution in [0, 0.1) is 11.6 Å². The average Bonchev–Trinajstić information content (AvgIpc) is 2.94. The van der Waals surface area contributed by atoms with Gasteiger partial charge in [0.05, 0.1) is 5.69 Å². The third-order valence-electron chi connectivity index (χ3n) is 3.71. The van der Waals surface area contributed by atoms with Crippen LogP contribution in [-0.4, -0.2) is 18.4 Å². The van der Waals surface area contributed by atoms with Gasteiger partial charge in [0.1, 0.15) is 18.1 Å². The lowest BCUT2D eigenvalue weighted by atomic mass is 10.2. The van der Waals surface area contributed by atoms with Gasteiger partial charge in [-0.15, -0.1) is 0 Å². The molecule has 1 aliphatic heterocycles. The van der Waals surface area contributed by atoms with Crippen LogP contribution in [0.2, 0.25) is 0 Å². The standard InChI is InChI=1S/C17H14F2N2O2/c18-12-5-6-14(13(19)9-12)20-16(22)10-17(23)21-8-7-11-3-1-2-4-15(11)21/h1-6,9H,7-8,10H2,(H,20,22). The summed E-state index contributed by atoms with van der Waals surface area (Å²) in [5.41, 5.74) is 1.72. The van der Waals surface area contributed by atoms with E-state index in [-0.39, 0.29) is 11.6 Å². The lowest BCUT2D eigenvalue weighted by Crippen LogP contribution is -2.32. The van der Waals surface area contributed by atoms with Crippen molar-refractivity contribution in [1.82, 2.24) is 0 Å². The number of nitrogens with one attached hydrogen (secondary N) is 1. The van der Waals surface area contributed by atoms with E-state index in [0.717, 1.165) is 29.8 Å². The maximum atomic E-state index is 13.5. The Bertz CT molecular complexity index is 777. The van der Waals surface area contributed by atoms with Crippen LogP contribution >= 0.6 is 0 Å². The highest BCUT2D eigenvalue weighted by molar-refractivity contribution is 6.09. The van der Waals surface area contributed by atoms with E-state index in [1.807, 2.05) is 24.3 Å². The third-order valence-corrected chi connectivity index (χ3v) is 3.71. The molecule has 0 unspecified atom stereocenters. The third kappa shape index (κ3) is 3.21. The van der Waals surface area contributed by atoms with Crippen molar-refractivity contribution in [2.75, 3.05) is 16.8 Å². The van der Waals surface area contributed by atoms with Gasteiger partial charge in [-0.2, -0.15) is 0 Å². The fourth-order valence-electron chi connectivity index (χ4n) is 2.62. The monoisotopic (exact) mass is 316 g/mol. The summed E-state index contributed by atoms with van der Waals surface area (Å²) < 4.78 is 26.3. The quantitative estimate of drug-likeness (QED) is 0.885. The summed E-state index contributed by atoms with van der Waals surface area (Å²) in [4.78, 5) is 25.7. The Hall–Kier alpha value is -2.76. The zero-order chi connectivity index (χ0) is 16.4. The number of benzene rings is 2. The van der Waals surface area contributed by atoms with Crippen LogP contribution in [-0.2, 0) is 16.0 Å². The van der Waals surface area contributed by atoms with Crippen molar-refractivity contribution < 1.29 is 18.4 Å². The maximum Gasteiger partial charge on any atom is 0.236 e. The first kappa shape index (κ1) is 15.1. The van der Waals surface area contributed by atoms with Crippen LogP contribution in [0.3, 0.4) is 0 Å². The smallest absolute Gasteiger partial charge is 0.236 e. The number of hydrogen-bond donors (Lipinski definition) is 1. The highest BCUT2D eigenvalue weighted by atomic mass is 19.1. The van der Waals surface area contributed by atoms with E-state index in [2.05, 4.69) is 5.32 Å². The van der Waals surface area contributed by atoms with Crippen molar-refractivity contribution in [2.24, 2.45) is 0 Å². The first-order valence-corrected chi connectivity index (χ1v) is 7.18. The second-order valence-electron chi connectivity index (χ2n) is 5.27. The molecule has 3 rings (SSSR count). The van der Waals surface area contributed by atoms with E-state index in [9.17, 15) is 18.4 Å². The highest BCUT2D eigenvalue weighted by Crippen LogP contribution is 2.28. The molecule has 0 saturated carbocycles. The maximum absolute atomic E-state index is 13.5. The van der Waals surface area contributed by atoms with E-state index >= 15 is 0 Å². The molecule has 0 aromatic heterocycles. The largest absolute Gasteiger partial charge is 0.323 e. The van der Waals surface area contributed by atoms with Gasteiger partial charge in [-0.1, -0.05) is 18.2 Å². The van der Waals surface area contributed by atoms with Crippen LogP contribution in [0.4, 0.5) is 20.2 Å². The minimum absolute atomic E-state index is 0.147. The summed E-state index contributed by atoms with van der Waals surface area (Å²) in [6.45, 7) is 0.524. The zero-order valence-corrected chi connectivity index (χ0v) is 12.2. The van der Waals surface area contributed by atoms with Gasteiger partial charge in [-0.05, 0) is 30.2 Å². The normalized spacial score (nSPS) is 12.9. The van der Waals surface area contributed by atoms with Crippen LogP contribution in [0.1, 0.15) is 12.0 Å².